The van der Waals surface area contributed by atoms with Crippen LogP contribution in [0, 0.1) is 0 Å². The monoisotopic (exact) mass is 832 g/mol. The Bertz CT molecular complexity index is 2530. The number of esters is 4. The number of nitrogens with zero attached hydrogens (tertiary/aromatic N) is 3. The van der Waals surface area contributed by atoms with E-state index in [1.165, 1.54) is 71.5 Å². The van der Waals surface area contributed by atoms with Crippen LogP contribution in [0.2, 0.25) is 0 Å². The maximum absolute atomic E-state index is 13.8. The van der Waals surface area contributed by atoms with Crippen LogP contribution < -0.4 is 5.14 Å². The minimum absolute atomic E-state index is 0.0975. The number of nitrogens with two attached hydrogens (primary N) is 1. The van der Waals surface area contributed by atoms with E-state index in [1.807, 2.05) is 0 Å². The third kappa shape index (κ3) is 10.1. The van der Waals surface area contributed by atoms with Gasteiger partial charge in [0.05, 0.1) is 45.6 Å². The molecular weight excluding hydrogens is 797 g/mol. The third-order valence-corrected chi connectivity index (χ3v) is 10.0. The number of ether oxygens (including phenoxy) is 6. The smallest absolute Gasteiger partial charge is 0.338 e. The first kappa shape index (κ1) is 41.1. The first-order chi connectivity index (χ1) is 29.0. The molecular formula is C43H36N4O12S. The van der Waals surface area contributed by atoms with Crippen molar-refractivity contribution in [1.82, 2.24) is 15.0 Å². The SMILES string of the molecule is NS(=O)(=O)c1ccc(-n2cc(CO[C@@H]3O[C@H](COC(=O)c4ccccc4)[C@H](OC(=O)c4ccccc4)[C@H](OC(=O)c4ccccc4)[C@H]3OC(=O)c3ccccc3)nn2)cc1. The van der Waals surface area contributed by atoms with E-state index in [2.05, 4.69) is 10.3 Å². The zero-order chi connectivity index (χ0) is 42.1. The van der Waals surface area contributed by atoms with Crippen molar-refractivity contribution in [2.24, 2.45) is 5.14 Å². The molecule has 1 aromatic heterocycles. The summed E-state index contributed by atoms with van der Waals surface area (Å²) in [5.74, 6) is -3.28. The van der Waals surface area contributed by atoms with Gasteiger partial charge in [0, 0.05) is 0 Å². The van der Waals surface area contributed by atoms with Crippen molar-refractivity contribution in [3.8, 4) is 5.69 Å². The number of benzene rings is 5. The summed E-state index contributed by atoms with van der Waals surface area (Å²) >= 11 is 0. The van der Waals surface area contributed by atoms with E-state index in [4.69, 9.17) is 33.6 Å². The average molecular weight is 833 g/mol. The second-order valence-corrected chi connectivity index (χ2v) is 14.8. The molecule has 2 heterocycles. The van der Waals surface area contributed by atoms with Gasteiger partial charge in [-0.3, -0.25) is 0 Å². The number of aromatic nitrogens is 3. The fourth-order valence-corrected chi connectivity index (χ4v) is 6.62. The molecule has 1 saturated heterocycles. The van der Waals surface area contributed by atoms with Gasteiger partial charge in [0.15, 0.2) is 24.6 Å². The van der Waals surface area contributed by atoms with E-state index >= 15 is 0 Å². The molecule has 0 radical (unpaired) electrons. The second-order valence-electron chi connectivity index (χ2n) is 13.2. The van der Waals surface area contributed by atoms with Crippen LogP contribution in [0.15, 0.2) is 157 Å². The van der Waals surface area contributed by atoms with Gasteiger partial charge in [0.1, 0.15) is 18.4 Å². The minimum Gasteiger partial charge on any atom is -0.459 e. The highest BCUT2D eigenvalue weighted by molar-refractivity contribution is 7.89. The third-order valence-electron chi connectivity index (χ3n) is 9.10. The molecule has 2 N–H and O–H groups in total. The van der Waals surface area contributed by atoms with E-state index in [1.54, 1.807) is 84.9 Å². The van der Waals surface area contributed by atoms with Crippen molar-refractivity contribution in [3.63, 3.8) is 0 Å². The molecule has 5 aromatic carbocycles. The van der Waals surface area contributed by atoms with Crippen molar-refractivity contribution < 1.29 is 56.0 Å². The summed E-state index contributed by atoms with van der Waals surface area (Å²) in [6, 6.07) is 37.7. The Hall–Kier alpha value is -7.05. The number of rotatable bonds is 14. The Balaban J connectivity index is 1.24. The quantitative estimate of drug-likeness (QED) is 0.117. The molecule has 0 saturated carbocycles. The van der Waals surface area contributed by atoms with Crippen molar-refractivity contribution >= 4 is 33.9 Å². The topological polar surface area (TPSA) is 215 Å². The number of sulfonamides is 1. The van der Waals surface area contributed by atoms with Gasteiger partial charge in [0.2, 0.25) is 10.0 Å². The lowest BCUT2D eigenvalue weighted by atomic mass is 9.97. The summed E-state index contributed by atoms with van der Waals surface area (Å²) in [4.78, 5) is 54.4. The first-order valence-electron chi connectivity index (χ1n) is 18.4. The highest BCUT2D eigenvalue weighted by Gasteiger charge is 2.53. The normalized spacial score (nSPS) is 18.8. The van der Waals surface area contributed by atoms with E-state index in [9.17, 15) is 27.6 Å². The van der Waals surface area contributed by atoms with Gasteiger partial charge in [-0.15, -0.1) is 5.10 Å². The zero-order valence-electron chi connectivity index (χ0n) is 31.5. The summed E-state index contributed by atoms with van der Waals surface area (Å²) in [6.07, 6.45) is -6.23. The predicted octanol–water partition coefficient (Wildman–Crippen LogP) is 4.69. The Morgan fingerprint density at radius 3 is 1.53 bits per heavy atom. The summed E-state index contributed by atoms with van der Waals surface area (Å²) in [5.41, 5.74) is 1.32. The summed E-state index contributed by atoms with van der Waals surface area (Å²) < 4.78 is 61.3. The minimum atomic E-state index is -3.93. The molecule has 7 rings (SSSR count). The van der Waals surface area contributed by atoms with Crippen LogP contribution >= 0.6 is 0 Å². The highest BCUT2D eigenvalue weighted by Crippen LogP contribution is 2.32. The van der Waals surface area contributed by atoms with Crippen LogP contribution in [0.3, 0.4) is 0 Å². The molecule has 0 aliphatic carbocycles. The predicted molar refractivity (Wildman–Crippen MR) is 210 cm³/mol. The summed E-state index contributed by atoms with van der Waals surface area (Å²) in [5, 5.41) is 13.5. The molecule has 60 heavy (non-hydrogen) atoms. The Morgan fingerprint density at radius 1 is 0.600 bits per heavy atom. The van der Waals surface area contributed by atoms with E-state index in [0.717, 1.165) is 0 Å². The molecule has 5 atom stereocenters. The van der Waals surface area contributed by atoms with Crippen molar-refractivity contribution in [2.45, 2.75) is 42.2 Å². The fourth-order valence-electron chi connectivity index (χ4n) is 6.11. The number of carbonyl (C=O) groups excluding carboxylic acids is 4. The Kier molecular flexibility index (Phi) is 12.8. The highest BCUT2D eigenvalue weighted by atomic mass is 32.2. The molecule has 0 amide bonds. The van der Waals surface area contributed by atoms with Crippen LogP contribution in [0.5, 0.6) is 0 Å². The zero-order valence-corrected chi connectivity index (χ0v) is 32.3. The average Bonchev–Trinajstić information content (AvgIpc) is 3.76. The van der Waals surface area contributed by atoms with Gasteiger partial charge in [-0.05, 0) is 72.8 Å². The number of primary sulfonamides is 1. The number of hydrogen-bond donors (Lipinski definition) is 1. The standard InChI is InChI=1S/C43H36N4O12S/c44-60(52,53)34-23-21-33(22-24-34)47-25-32(45-46-47)26-55-43-38(59-42(51)31-19-11-4-12-20-31)37(58-41(50)30-17-9-3-10-18-30)36(57-40(49)29-15-7-2-8-16-29)35(56-43)27-54-39(48)28-13-5-1-6-14-28/h1-25,35-38,43H,26-27H2,(H2,44,52,53)/t35-,36+,37+,38-,43-/m1/s1. The van der Waals surface area contributed by atoms with Gasteiger partial charge in [-0.2, -0.15) is 0 Å². The van der Waals surface area contributed by atoms with Crippen molar-refractivity contribution in [2.75, 3.05) is 6.61 Å². The van der Waals surface area contributed by atoms with Gasteiger partial charge in [0.25, 0.3) is 0 Å². The molecule has 1 aliphatic rings. The number of hydrogen-bond acceptors (Lipinski definition) is 14. The lowest BCUT2D eigenvalue weighted by Gasteiger charge is -2.44. The molecule has 17 heteroatoms. The van der Waals surface area contributed by atoms with E-state index in [0.29, 0.717) is 5.69 Å². The van der Waals surface area contributed by atoms with Crippen LogP contribution in [0.25, 0.3) is 5.69 Å². The van der Waals surface area contributed by atoms with Gasteiger partial charge in [-0.1, -0.05) is 78.0 Å². The molecule has 1 aliphatic heterocycles. The van der Waals surface area contributed by atoms with Crippen LogP contribution in [-0.2, 0) is 45.1 Å². The molecule has 0 unspecified atom stereocenters. The largest absolute Gasteiger partial charge is 0.459 e. The maximum Gasteiger partial charge on any atom is 0.338 e. The van der Waals surface area contributed by atoms with Gasteiger partial charge in [-0.25, -0.2) is 37.4 Å². The fraction of sp³-hybridized carbons (Fsp3) is 0.163. The first-order valence-corrected chi connectivity index (χ1v) is 19.9. The second kappa shape index (κ2) is 18.7. The van der Waals surface area contributed by atoms with Crippen LogP contribution in [0.4, 0.5) is 0 Å². The van der Waals surface area contributed by atoms with Crippen molar-refractivity contribution in [1.29, 1.82) is 0 Å². The Morgan fingerprint density at radius 2 is 1.05 bits per heavy atom. The Labute approximate surface area is 343 Å². The molecule has 16 nitrogen and oxygen atoms in total. The molecule has 0 bridgehead atoms. The summed E-state index contributed by atoms with van der Waals surface area (Å²) in [7, 11) is -3.93. The maximum atomic E-state index is 13.8. The lowest BCUT2D eigenvalue weighted by Crippen LogP contribution is -2.63. The van der Waals surface area contributed by atoms with E-state index < -0.39 is 71.2 Å². The van der Waals surface area contributed by atoms with Crippen LogP contribution in [-0.4, -0.2) is 84.6 Å². The molecule has 0 spiro atoms. The van der Waals surface area contributed by atoms with Gasteiger partial charge < -0.3 is 28.4 Å². The summed E-state index contributed by atoms with van der Waals surface area (Å²) in [6.45, 7) is -0.868. The molecule has 1 fully saturated rings. The number of carbonyl (C=O) groups is 4. The van der Waals surface area contributed by atoms with Gasteiger partial charge >= 0.3 is 23.9 Å². The van der Waals surface area contributed by atoms with Crippen molar-refractivity contribution in [3.05, 3.63) is 180 Å². The molecule has 6 aromatic rings. The molecule has 306 valence electrons. The lowest BCUT2D eigenvalue weighted by molar-refractivity contribution is -0.301. The van der Waals surface area contributed by atoms with E-state index in [-0.39, 0.29) is 39.5 Å². The van der Waals surface area contributed by atoms with Crippen LogP contribution in [0.1, 0.15) is 47.1 Å².